The number of carboxylic acids is 1. The Labute approximate surface area is 90.7 Å². The highest BCUT2D eigenvalue weighted by atomic mass is 16.5. The Morgan fingerprint density at radius 2 is 2.38 bits per heavy atom. The Morgan fingerprint density at radius 1 is 1.69 bits per heavy atom. The molecule has 0 aliphatic rings. The smallest absolute Gasteiger partial charge is 0.414 e. The monoisotopic (exact) mass is 226 g/mol. The molecule has 0 saturated heterocycles. The molecule has 0 saturated carbocycles. The fraction of sp³-hybridized carbons (Fsp3) is 0.222. The number of oxazole rings is 1. The van der Waals surface area contributed by atoms with Gasteiger partial charge in [0, 0.05) is 6.92 Å². The van der Waals surface area contributed by atoms with Gasteiger partial charge in [0.1, 0.15) is 6.61 Å². The van der Waals surface area contributed by atoms with E-state index in [2.05, 4.69) is 21.6 Å². The van der Waals surface area contributed by atoms with Crippen LogP contribution in [-0.2, 0) is 4.74 Å². The van der Waals surface area contributed by atoms with Crippen LogP contribution < -0.4 is 5.32 Å². The summed E-state index contributed by atoms with van der Waals surface area (Å²) < 4.78 is 9.49. The van der Waals surface area contributed by atoms with Crippen LogP contribution in [0.1, 0.15) is 16.4 Å². The summed E-state index contributed by atoms with van der Waals surface area (Å²) in [5.41, 5.74) is -0.368. The number of nitrogens with one attached hydrogen (secondary N) is 1. The Balaban J connectivity index is 2.76. The molecule has 0 spiro atoms. The molecule has 1 rings (SSSR count). The van der Waals surface area contributed by atoms with Crippen molar-refractivity contribution in [2.24, 2.45) is 0 Å². The van der Waals surface area contributed by atoms with Crippen molar-refractivity contribution >= 4 is 17.9 Å². The first-order valence-electron chi connectivity index (χ1n) is 4.30. The van der Waals surface area contributed by atoms with Crippen molar-refractivity contribution in [2.45, 2.75) is 6.92 Å². The molecule has 0 bridgehead atoms. The van der Waals surface area contributed by atoms with Crippen molar-refractivity contribution in [3.8, 4) is 0 Å². The number of carbonyl (C=O) groups excluding carboxylic acids is 1. The molecule has 0 radical (unpaired) electrons. The van der Waals surface area contributed by atoms with Gasteiger partial charge in [0.25, 0.3) is 0 Å². The van der Waals surface area contributed by atoms with Crippen LogP contribution in [0.5, 0.6) is 0 Å². The van der Waals surface area contributed by atoms with E-state index < -0.39 is 12.1 Å². The van der Waals surface area contributed by atoms with Crippen LogP contribution in [0.25, 0.3) is 0 Å². The molecule has 16 heavy (non-hydrogen) atoms. The number of carboxylic acid groups (broad SMARTS) is 1. The molecule has 0 aliphatic carbocycles. The summed E-state index contributed by atoms with van der Waals surface area (Å²) in [6.45, 7) is 4.83. The highest BCUT2D eigenvalue weighted by Gasteiger charge is 2.19. The number of carbonyl (C=O) groups is 2. The number of nitrogens with zero attached hydrogens (tertiary/aromatic N) is 1. The molecule has 7 nitrogen and oxygen atoms in total. The summed E-state index contributed by atoms with van der Waals surface area (Å²) in [5, 5.41) is 10.9. The van der Waals surface area contributed by atoms with Gasteiger partial charge in [-0.3, -0.25) is 5.32 Å². The number of hydrogen-bond donors (Lipinski definition) is 2. The first-order chi connectivity index (χ1) is 7.54. The molecule has 2 N–H and O–H groups in total. The summed E-state index contributed by atoms with van der Waals surface area (Å²) in [4.78, 5) is 25.4. The second-order valence-electron chi connectivity index (χ2n) is 2.73. The zero-order valence-electron chi connectivity index (χ0n) is 8.52. The predicted octanol–water partition coefficient (Wildman–Crippen LogP) is 1.42. The van der Waals surface area contributed by atoms with Crippen molar-refractivity contribution in [1.82, 2.24) is 4.98 Å². The second kappa shape index (κ2) is 4.96. The SMILES string of the molecule is C=CCOC(=O)Nc1oc(C)nc1C(=O)O. The summed E-state index contributed by atoms with van der Waals surface area (Å²) in [5.74, 6) is -1.41. The van der Waals surface area contributed by atoms with E-state index in [1.54, 1.807) is 0 Å². The molecule has 1 aromatic rings. The van der Waals surface area contributed by atoms with Gasteiger partial charge in [-0.2, -0.15) is 0 Å². The number of aryl methyl sites for hydroxylation is 1. The van der Waals surface area contributed by atoms with Gasteiger partial charge in [-0.05, 0) is 0 Å². The highest BCUT2D eigenvalue weighted by Crippen LogP contribution is 2.16. The minimum Gasteiger partial charge on any atom is -0.476 e. The van der Waals surface area contributed by atoms with Gasteiger partial charge in [0.2, 0.25) is 11.6 Å². The molecule has 0 unspecified atom stereocenters. The quantitative estimate of drug-likeness (QED) is 0.752. The number of ether oxygens (including phenoxy) is 1. The minimum absolute atomic E-state index is 0.0152. The number of hydrogen-bond acceptors (Lipinski definition) is 5. The molecule has 1 amide bonds. The van der Waals surface area contributed by atoms with E-state index in [4.69, 9.17) is 9.52 Å². The summed E-state index contributed by atoms with van der Waals surface area (Å²) in [7, 11) is 0. The molecule has 0 atom stereocenters. The van der Waals surface area contributed by atoms with Gasteiger partial charge < -0.3 is 14.3 Å². The van der Waals surface area contributed by atoms with E-state index in [9.17, 15) is 9.59 Å². The van der Waals surface area contributed by atoms with Gasteiger partial charge in [-0.25, -0.2) is 14.6 Å². The number of aromatic carboxylic acids is 1. The number of anilines is 1. The van der Waals surface area contributed by atoms with Crippen LogP contribution in [0.15, 0.2) is 17.1 Å². The number of rotatable bonds is 4. The first kappa shape index (κ1) is 11.8. The summed E-state index contributed by atoms with van der Waals surface area (Å²) in [6.07, 6.45) is 0.544. The van der Waals surface area contributed by atoms with Gasteiger partial charge in [0.15, 0.2) is 5.89 Å². The van der Waals surface area contributed by atoms with Crippen LogP contribution in [0.4, 0.5) is 10.7 Å². The molecule has 7 heteroatoms. The van der Waals surface area contributed by atoms with Gasteiger partial charge >= 0.3 is 12.1 Å². The highest BCUT2D eigenvalue weighted by molar-refractivity contribution is 5.95. The summed E-state index contributed by atoms with van der Waals surface area (Å²) >= 11 is 0. The van der Waals surface area contributed by atoms with E-state index in [1.165, 1.54) is 13.0 Å². The van der Waals surface area contributed by atoms with Crippen molar-refractivity contribution in [2.75, 3.05) is 11.9 Å². The lowest BCUT2D eigenvalue weighted by molar-refractivity contribution is 0.0692. The fourth-order valence-electron chi connectivity index (χ4n) is 0.920. The maximum Gasteiger partial charge on any atom is 0.414 e. The van der Waals surface area contributed by atoms with E-state index in [1.807, 2.05) is 0 Å². The number of aromatic nitrogens is 1. The van der Waals surface area contributed by atoms with Crippen LogP contribution in [0.2, 0.25) is 0 Å². The Morgan fingerprint density at radius 3 is 2.94 bits per heavy atom. The third-order valence-electron chi connectivity index (χ3n) is 1.48. The average molecular weight is 226 g/mol. The third-order valence-corrected chi connectivity index (χ3v) is 1.48. The zero-order chi connectivity index (χ0) is 12.1. The predicted molar refractivity (Wildman–Crippen MR) is 53.4 cm³/mol. The van der Waals surface area contributed by atoms with Crippen LogP contribution in [-0.4, -0.2) is 28.8 Å². The maximum absolute atomic E-state index is 11.1. The Bertz CT molecular complexity index is 424. The van der Waals surface area contributed by atoms with E-state index in [-0.39, 0.29) is 24.1 Å². The maximum atomic E-state index is 11.1. The Hall–Kier alpha value is -2.31. The van der Waals surface area contributed by atoms with Gasteiger partial charge in [-0.1, -0.05) is 12.7 Å². The summed E-state index contributed by atoms with van der Waals surface area (Å²) in [6, 6.07) is 0. The largest absolute Gasteiger partial charge is 0.476 e. The normalized spacial score (nSPS) is 9.56. The molecule has 0 aromatic carbocycles. The van der Waals surface area contributed by atoms with Crippen molar-refractivity contribution in [3.05, 3.63) is 24.2 Å². The molecular weight excluding hydrogens is 216 g/mol. The molecular formula is C9H10N2O5. The average Bonchev–Trinajstić information content (AvgIpc) is 2.56. The lowest BCUT2D eigenvalue weighted by Gasteiger charge is -2.01. The van der Waals surface area contributed by atoms with Crippen LogP contribution in [0, 0.1) is 6.92 Å². The van der Waals surface area contributed by atoms with E-state index >= 15 is 0 Å². The molecule has 0 aliphatic heterocycles. The Kier molecular flexibility index (Phi) is 3.65. The third kappa shape index (κ3) is 2.84. The minimum atomic E-state index is -1.30. The van der Waals surface area contributed by atoms with Gasteiger partial charge in [0.05, 0.1) is 0 Å². The lowest BCUT2D eigenvalue weighted by atomic mass is 10.4. The zero-order valence-corrected chi connectivity index (χ0v) is 8.52. The molecule has 0 fully saturated rings. The standard InChI is InChI=1S/C9H10N2O5/c1-3-4-15-9(14)11-7-6(8(12)13)10-5(2)16-7/h3H,1,4H2,2H3,(H,11,14)(H,12,13). The lowest BCUT2D eigenvalue weighted by Crippen LogP contribution is -2.15. The first-order valence-corrected chi connectivity index (χ1v) is 4.30. The van der Waals surface area contributed by atoms with E-state index in [0.717, 1.165) is 0 Å². The number of amides is 1. The van der Waals surface area contributed by atoms with Crippen molar-refractivity contribution in [3.63, 3.8) is 0 Å². The topological polar surface area (TPSA) is 102 Å². The fourth-order valence-corrected chi connectivity index (χ4v) is 0.920. The molecule has 1 aromatic heterocycles. The van der Waals surface area contributed by atoms with E-state index in [0.29, 0.717) is 0 Å². The molecule has 1 heterocycles. The second-order valence-corrected chi connectivity index (χ2v) is 2.73. The van der Waals surface area contributed by atoms with Crippen LogP contribution in [0.3, 0.4) is 0 Å². The molecule has 86 valence electrons. The van der Waals surface area contributed by atoms with Crippen LogP contribution >= 0.6 is 0 Å². The van der Waals surface area contributed by atoms with Crippen molar-refractivity contribution < 1.29 is 23.8 Å². The van der Waals surface area contributed by atoms with Crippen molar-refractivity contribution in [1.29, 1.82) is 0 Å². The van der Waals surface area contributed by atoms with Gasteiger partial charge in [-0.15, -0.1) is 0 Å².